The second-order valence-electron chi connectivity index (χ2n) is 7.04. The van der Waals surface area contributed by atoms with Crippen molar-refractivity contribution < 1.29 is 14.2 Å². The summed E-state index contributed by atoms with van der Waals surface area (Å²) in [6.45, 7) is 0. The van der Waals surface area contributed by atoms with E-state index in [1.54, 1.807) is 13.3 Å². The van der Waals surface area contributed by atoms with Gasteiger partial charge < -0.3 is 15.2 Å². The Balaban J connectivity index is 1.49. The molecule has 2 aliphatic rings. The zero-order valence-electron chi connectivity index (χ0n) is 13.7. The number of halogens is 1. The minimum Gasteiger partial charge on any atom is -0.387 e. The molecule has 2 N–H and O–H groups in total. The van der Waals surface area contributed by atoms with Crippen LogP contribution in [-0.2, 0) is 4.74 Å². The van der Waals surface area contributed by atoms with Crippen LogP contribution in [0.1, 0.15) is 56.6 Å². The smallest absolute Gasteiger partial charge is 0.141 e. The Kier molecular flexibility index (Phi) is 5.62. The molecule has 1 saturated carbocycles. The SMILES string of the molecule is COC1CCC(C[C@H]2CC[C@H]([C@H](O)c3cncc(F)c3)N2)CC1. The lowest BCUT2D eigenvalue weighted by molar-refractivity contribution is 0.0538. The van der Waals surface area contributed by atoms with E-state index < -0.39 is 11.9 Å². The molecule has 0 radical (unpaired) electrons. The Hall–Kier alpha value is -1.04. The topological polar surface area (TPSA) is 54.4 Å². The maximum atomic E-state index is 13.3. The number of rotatable bonds is 5. The van der Waals surface area contributed by atoms with Gasteiger partial charge in [-0.1, -0.05) is 0 Å². The molecular formula is C18H27FN2O2. The Morgan fingerprint density at radius 1 is 1.26 bits per heavy atom. The number of pyridine rings is 1. The third-order valence-corrected chi connectivity index (χ3v) is 5.47. The highest BCUT2D eigenvalue weighted by Crippen LogP contribution is 2.33. The second kappa shape index (κ2) is 7.69. The number of aliphatic hydroxyl groups is 1. The lowest BCUT2D eigenvalue weighted by atomic mass is 9.83. The summed E-state index contributed by atoms with van der Waals surface area (Å²) in [5, 5.41) is 14.0. The lowest BCUT2D eigenvalue weighted by Gasteiger charge is -2.29. The maximum Gasteiger partial charge on any atom is 0.141 e. The summed E-state index contributed by atoms with van der Waals surface area (Å²) in [4.78, 5) is 3.83. The van der Waals surface area contributed by atoms with Crippen molar-refractivity contribution in [3.05, 3.63) is 29.8 Å². The van der Waals surface area contributed by atoms with E-state index in [-0.39, 0.29) is 6.04 Å². The number of aromatic nitrogens is 1. The van der Waals surface area contributed by atoms with Crippen LogP contribution < -0.4 is 5.32 Å². The molecule has 0 unspecified atom stereocenters. The molecule has 1 aliphatic carbocycles. The number of aliphatic hydroxyl groups excluding tert-OH is 1. The minimum absolute atomic E-state index is 0.00101. The highest BCUT2D eigenvalue weighted by Gasteiger charge is 2.32. The summed E-state index contributed by atoms with van der Waals surface area (Å²) in [7, 11) is 1.80. The zero-order chi connectivity index (χ0) is 16.2. The van der Waals surface area contributed by atoms with E-state index in [9.17, 15) is 9.50 Å². The van der Waals surface area contributed by atoms with Crippen LogP contribution in [0, 0.1) is 11.7 Å². The lowest BCUT2D eigenvalue weighted by Crippen LogP contribution is -2.35. The normalized spacial score (nSPS) is 32.8. The van der Waals surface area contributed by atoms with Gasteiger partial charge >= 0.3 is 0 Å². The van der Waals surface area contributed by atoms with Gasteiger partial charge in [0.1, 0.15) is 5.82 Å². The molecule has 1 aliphatic heterocycles. The molecule has 0 spiro atoms. The second-order valence-corrected chi connectivity index (χ2v) is 7.04. The minimum atomic E-state index is -0.688. The van der Waals surface area contributed by atoms with Gasteiger partial charge in [-0.15, -0.1) is 0 Å². The highest BCUT2D eigenvalue weighted by molar-refractivity contribution is 5.16. The van der Waals surface area contributed by atoms with Gasteiger partial charge in [0.2, 0.25) is 0 Å². The largest absolute Gasteiger partial charge is 0.387 e. The summed E-state index contributed by atoms with van der Waals surface area (Å²) < 4.78 is 18.7. The monoisotopic (exact) mass is 322 g/mol. The van der Waals surface area contributed by atoms with E-state index in [2.05, 4.69) is 10.3 Å². The first-order valence-corrected chi connectivity index (χ1v) is 8.73. The van der Waals surface area contributed by atoms with Gasteiger partial charge in [0.15, 0.2) is 0 Å². The van der Waals surface area contributed by atoms with Crippen molar-refractivity contribution in [3.63, 3.8) is 0 Å². The molecule has 1 saturated heterocycles. The van der Waals surface area contributed by atoms with Crippen LogP contribution >= 0.6 is 0 Å². The number of methoxy groups -OCH3 is 1. The molecule has 3 atom stereocenters. The van der Waals surface area contributed by atoms with E-state index in [1.165, 1.54) is 25.3 Å². The molecule has 1 aromatic heterocycles. The standard InChI is InChI=1S/C18H27FN2O2/c1-23-16-5-2-12(3-6-16)8-15-4-7-17(21-15)18(22)13-9-14(19)11-20-10-13/h9-12,15-18,21-22H,2-8H2,1H3/t12?,15-,16?,17-,18-/m1/s1. The molecule has 23 heavy (non-hydrogen) atoms. The Bertz CT molecular complexity index is 506. The third-order valence-electron chi connectivity index (χ3n) is 5.47. The van der Waals surface area contributed by atoms with Crippen LogP contribution in [0.5, 0.6) is 0 Å². The molecule has 3 rings (SSSR count). The number of nitrogens with one attached hydrogen (secondary N) is 1. The van der Waals surface area contributed by atoms with Crippen molar-refractivity contribution in [2.75, 3.05) is 7.11 Å². The predicted molar refractivity (Wildman–Crippen MR) is 86.5 cm³/mol. The van der Waals surface area contributed by atoms with Gasteiger partial charge in [-0.25, -0.2) is 4.39 Å². The van der Waals surface area contributed by atoms with Crippen LogP contribution in [0.3, 0.4) is 0 Å². The molecule has 1 aromatic rings. The van der Waals surface area contributed by atoms with E-state index in [4.69, 9.17) is 4.74 Å². The summed E-state index contributed by atoms with van der Waals surface area (Å²) in [6, 6.07) is 1.83. The van der Waals surface area contributed by atoms with Crippen LogP contribution in [0.2, 0.25) is 0 Å². The molecular weight excluding hydrogens is 295 g/mol. The molecule has 0 amide bonds. The van der Waals surface area contributed by atoms with Crippen molar-refractivity contribution >= 4 is 0 Å². The third kappa shape index (κ3) is 4.28. The summed E-state index contributed by atoms with van der Waals surface area (Å²) in [5.41, 5.74) is 0.559. The fourth-order valence-electron chi connectivity index (χ4n) is 4.11. The molecule has 5 heteroatoms. The molecule has 2 heterocycles. The van der Waals surface area contributed by atoms with Crippen molar-refractivity contribution in [1.82, 2.24) is 10.3 Å². The van der Waals surface area contributed by atoms with Crippen LogP contribution in [0.25, 0.3) is 0 Å². The van der Waals surface area contributed by atoms with Gasteiger partial charge in [-0.3, -0.25) is 4.98 Å². The van der Waals surface area contributed by atoms with Crippen LogP contribution in [0.4, 0.5) is 4.39 Å². The summed E-state index contributed by atoms with van der Waals surface area (Å²) in [5.74, 6) is 0.358. The number of hydrogen-bond donors (Lipinski definition) is 2. The summed E-state index contributed by atoms with van der Waals surface area (Å²) in [6.07, 6.45) is 10.4. The Labute approximate surface area is 137 Å². The first-order valence-electron chi connectivity index (χ1n) is 8.73. The maximum absolute atomic E-state index is 13.3. The van der Waals surface area contributed by atoms with E-state index in [0.29, 0.717) is 17.7 Å². The molecule has 4 nitrogen and oxygen atoms in total. The van der Waals surface area contributed by atoms with Gasteiger partial charge in [0.05, 0.1) is 18.4 Å². The first-order chi connectivity index (χ1) is 11.2. The van der Waals surface area contributed by atoms with Gasteiger partial charge in [0.25, 0.3) is 0 Å². The van der Waals surface area contributed by atoms with Gasteiger partial charge in [0, 0.05) is 31.0 Å². The highest BCUT2D eigenvalue weighted by atomic mass is 19.1. The average molecular weight is 322 g/mol. The van der Waals surface area contributed by atoms with Crippen molar-refractivity contribution in [2.45, 2.75) is 69.2 Å². The van der Waals surface area contributed by atoms with Crippen molar-refractivity contribution in [1.29, 1.82) is 0 Å². The molecule has 0 bridgehead atoms. The Morgan fingerprint density at radius 2 is 2.04 bits per heavy atom. The van der Waals surface area contributed by atoms with Gasteiger partial charge in [-0.2, -0.15) is 0 Å². The number of hydrogen-bond acceptors (Lipinski definition) is 4. The zero-order valence-corrected chi connectivity index (χ0v) is 13.7. The van der Waals surface area contributed by atoms with Crippen molar-refractivity contribution in [2.24, 2.45) is 5.92 Å². The quantitative estimate of drug-likeness (QED) is 0.875. The fourth-order valence-corrected chi connectivity index (χ4v) is 4.11. The van der Waals surface area contributed by atoms with Crippen LogP contribution in [-0.4, -0.2) is 35.4 Å². The van der Waals surface area contributed by atoms with E-state index >= 15 is 0 Å². The van der Waals surface area contributed by atoms with E-state index in [0.717, 1.165) is 37.8 Å². The molecule has 128 valence electrons. The predicted octanol–water partition coefficient (Wildman–Crippen LogP) is 2.97. The van der Waals surface area contributed by atoms with Crippen LogP contribution in [0.15, 0.2) is 18.5 Å². The Morgan fingerprint density at radius 3 is 2.74 bits per heavy atom. The van der Waals surface area contributed by atoms with E-state index in [1.807, 2.05) is 0 Å². The summed E-state index contributed by atoms with van der Waals surface area (Å²) >= 11 is 0. The average Bonchev–Trinajstić information content (AvgIpc) is 3.03. The number of ether oxygens (including phenoxy) is 1. The first kappa shape index (κ1) is 16.8. The number of nitrogens with zero attached hydrogens (tertiary/aromatic N) is 1. The fraction of sp³-hybridized carbons (Fsp3) is 0.722. The van der Waals surface area contributed by atoms with Gasteiger partial charge in [-0.05, 0) is 56.9 Å². The molecule has 0 aromatic carbocycles. The van der Waals surface area contributed by atoms with Crippen molar-refractivity contribution in [3.8, 4) is 0 Å². The molecule has 2 fully saturated rings.